The molecule has 1 saturated heterocycles. The Morgan fingerprint density at radius 3 is 2.59 bits per heavy atom. The highest BCUT2D eigenvalue weighted by molar-refractivity contribution is 7.13. The average molecular weight is 522 g/mol. The molecule has 1 aromatic carbocycles. The second-order valence-corrected chi connectivity index (χ2v) is 11.2. The third-order valence-corrected chi connectivity index (χ3v) is 8.24. The highest BCUT2D eigenvalue weighted by Gasteiger charge is 2.48. The zero-order valence-electron chi connectivity index (χ0n) is 21.6. The molecule has 9 nitrogen and oxygen atoms in total. The fourth-order valence-electron chi connectivity index (χ4n) is 5.21. The van der Waals surface area contributed by atoms with Crippen LogP contribution in [0.1, 0.15) is 55.8 Å². The van der Waals surface area contributed by atoms with Gasteiger partial charge in [-0.25, -0.2) is 4.98 Å². The number of thiazole rings is 1. The van der Waals surface area contributed by atoms with Gasteiger partial charge < -0.3 is 19.8 Å². The lowest BCUT2D eigenvalue weighted by atomic mass is 9.90. The number of aryl methyl sites for hydroxylation is 2. The Balaban J connectivity index is 1.39. The summed E-state index contributed by atoms with van der Waals surface area (Å²) in [4.78, 5) is 38.3. The summed E-state index contributed by atoms with van der Waals surface area (Å²) in [7, 11) is 0. The summed E-state index contributed by atoms with van der Waals surface area (Å²) in [5, 5.41) is 17.8. The van der Waals surface area contributed by atoms with Crippen molar-refractivity contribution in [1.29, 1.82) is 0 Å². The molecule has 0 spiro atoms. The Morgan fingerprint density at radius 2 is 2.00 bits per heavy atom. The van der Waals surface area contributed by atoms with Crippen molar-refractivity contribution in [1.82, 2.24) is 20.4 Å². The van der Waals surface area contributed by atoms with Gasteiger partial charge in [0, 0.05) is 19.0 Å². The van der Waals surface area contributed by atoms with Crippen molar-refractivity contribution in [2.75, 3.05) is 6.54 Å². The van der Waals surface area contributed by atoms with Crippen molar-refractivity contribution >= 4 is 29.0 Å². The lowest BCUT2D eigenvalue weighted by Gasteiger charge is -2.31. The van der Waals surface area contributed by atoms with E-state index in [0.717, 1.165) is 21.7 Å². The minimum Gasteiger partial charge on any atom is -0.391 e. The number of hydrogen-bond donors (Lipinski definition) is 2. The van der Waals surface area contributed by atoms with Crippen molar-refractivity contribution in [2.24, 2.45) is 10.9 Å². The second kappa shape index (κ2) is 9.50. The number of hydrogen-bond acceptors (Lipinski definition) is 8. The summed E-state index contributed by atoms with van der Waals surface area (Å²) < 4.78 is 5.44. The van der Waals surface area contributed by atoms with Crippen LogP contribution < -0.4 is 5.32 Å². The number of aliphatic hydroxyl groups is 1. The summed E-state index contributed by atoms with van der Waals surface area (Å²) in [5.41, 5.74) is 4.23. The smallest absolute Gasteiger partial charge is 0.277 e. The quantitative estimate of drug-likeness (QED) is 0.509. The summed E-state index contributed by atoms with van der Waals surface area (Å²) >= 11 is 1.58. The molecule has 2 amide bonds. The molecule has 0 saturated carbocycles. The number of aliphatic hydroxyl groups excluding tert-OH is 1. The molecule has 5 rings (SSSR count). The van der Waals surface area contributed by atoms with Gasteiger partial charge in [0.25, 0.3) is 5.91 Å². The van der Waals surface area contributed by atoms with E-state index in [0.29, 0.717) is 23.7 Å². The zero-order chi connectivity index (χ0) is 26.5. The van der Waals surface area contributed by atoms with Gasteiger partial charge in [-0.1, -0.05) is 43.3 Å². The van der Waals surface area contributed by atoms with Gasteiger partial charge in [-0.05, 0) is 37.8 Å². The van der Waals surface area contributed by atoms with Gasteiger partial charge in [-0.15, -0.1) is 11.3 Å². The molecule has 194 valence electrons. The van der Waals surface area contributed by atoms with Crippen molar-refractivity contribution in [3.63, 3.8) is 0 Å². The van der Waals surface area contributed by atoms with Crippen LogP contribution in [-0.2, 0) is 15.1 Å². The molecule has 4 heterocycles. The number of benzene rings is 1. The van der Waals surface area contributed by atoms with E-state index >= 15 is 0 Å². The van der Waals surface area contributed by atoms with E-state index in [1.165, 1.54) is 0 Å². The Morgan fingerprint density at radius 1 is 1.27 bits per heavy atom. The molecule has 2 N–H and O–H groups in total. The first-order chi connectivity index (χ1) is 17.6. The molecule has 0 bridgehead atoms. The Hall–Kier alpha value is -3.37. The van der Waals surface area contributed by atoms with Crippen LogP contribution in [0.15, 0.2) is 45.4 Å². The summed E-state index contributed by atoms with van der Waals surface area (Å²) in [6.45, 7) is 9.64. The van der Waals surface area contributed by atoms with E-state index in [1.54, 1.807) is 29.2 Å². The standard InChI is InChI=1S/C27H31N5O4S/c1-14(2)22(21-10-15(3)31-36-21)25(34)32-12-19(33)11-20(32)24-29-26(35)27(5,30-24)18-8-6-17(7-9-18)23-16(4)28-13-37-23/h6-10,13-14,19-20,22,33H,11-12H2,1-5H3,(H,29,30,35)/t19-,20+,22+,27+/m1/s1. The van der Waals surface area contributed by atoms with Crippen molar-refractivity contribution < 1.29 is 19.2 Å². The number of β-amino-alcohol motifs (C(OH)–C–C–N with tert-alkyl or cyclic N) is 1. The first-order valence-electron chi connectivity index (χ1n) is 12.4. The van der Waals surface area contributed by atoms with Crippen molar-refractivity contribution in [3.05, 3.63) is 58.6 Å². The molecule has 0 aliphatic carbocycles. The predicted molar refractivity (Wildman–Crippen MR) is 140 cm³/mol. The topological polar surface area (TPSA) is 121 Å². The van der Waals surface area contributed by atoms with Gasteiger partial charge in [0.15, 0.2) is 0 Å². The van der Waals surface area contributed by atoms with E-state index in [9.17, 15) is 14.7 Å². The number of carbonyl (C=O) groups excluding carboxylic acids is 2. The van der Waals surface area contributed by atoms with Crippen molar-refractivity contribution in [2.45, 2.75) is 64.6 Å². The number of nitrogens with zero attached hydrogens (tertiary/aromatic N) is 4. The number of amidine groups is 1. The first kappa shape index (κ1) is 25.3. The molecular weight excluding hydrogens is 490 g/mol. The molecule has 4 atom stereocenters. The van der Waals surface area contributed by atoms with Crippen LogP contribution >= 0.6 is 11.3 Å². The van der Waals surface area contributed by atoms with Gasteiger partial charge in [0.2, 0.25) is 5.91 Å². The van der Waals surface area contributed by atoms with Crippen molar-refractivity contribution in [3.8, 4) is 10.4 Å². The fourth-order valence-corrected chi connectivity index (χ4v) is 6.02. The molecule has 3 aromatic rings. The summed E-state index contributed by atoms with van der Waals surface area (Å²) in [5.74, 6) is -0.218. The summed E-state index contributed by atoms with van der Waals surface area (Å²) in [6, 6.07) is 9.04. The Labute approximate surface area is 219 Å². The normalized spacial score (nSPS) is 24.5. The van der Waals surface area contributed by atoms with E-state index in [4.69, 9.17) is 4.52 Å². The molecule has 37 heavy (non-hydrogen) atoms. The summed E-state index contributed by atoms with van der Waals surface area (Å²) in [6.07, 6.45) is -0.420. The Bertz CT molecular complexity index is 1360. The monoisotopic (exact) mass is 521 g/mol. The highest BCUT2D eigenvalue weighted by atomic mass is 32.1. The zero-order valence-corrected chi connectivity index (χ0v) is 22.4. The fraction of sp³-hybridized carbons (Fsp3) is 0.444. The van der Waals surface area contributed by atoms with Gasteiger partial charge in [-0.3, -0.25) is 9.59 Å². The number of carbonyl (C=O) groups is 2. The number of aliphatic imine (C=N–C) groups is 1. The van der Waals surface area contributed by atoms with Crippen LogP contribution in [0.25, 0.3) is 10.4 Å². The van der Waals surface area contributed by atoms with E-state index in [-0.39, 0.29) is 24.3 Å². The van der Waals surface area contributed by atoms with Crippen LogP contribution in [0, 0.1) is 19.8 Å². The third kappa shape index (κ3) is 4.48. The number of aromatic nitrogens is 2. The molecule has 2 aliphatic rings. The minimum atomic E-state index is -1.07. The SMILES string of the molecule is Cc1cc([C@@H](C(=O)N2C[C@H](O)C[C@H]2C2=NC(=O)[C@](C)(c3ccc(-c4scnc4C)cc3)N2)C(C)C)on1. The second-order valence-electron chi connectivity index (χ2n) is 10.4. The van der Waals surface area contributed by atoms with Crippen LogP contribution in [-0.4, -0.2) is 56.5 Å². The van der Waals surface area contributed by atoms with Crippen LogP contribution in [0.2, 0.25) is 0 Å². The van der Waals surface area contributed by atoms with E-state index < -0.39 is 23.6 Å². The van der Waals surface area contributed by atoms with E-state index in [2.05, 4.69) is 20.4 Å². The van der Waals surface area contributed by atoms with Gasteiger partial charge >= 0.3 is 0 Å². The molecule has 1 fully saturated rings. The maximum Gasteiger partial charge on any atom is 0.277 e. The third-order valence-electron chi connectivity index (χ3n) is 7.26. The number of rotatable bonds is 6. The highest BCUT2D eigenvalue weighted by Crippen LogP contribution is 2.35. The predicted octanol–water partition coefficient (Wildman–Crippen LogP) is 3.56. The van der Waals surface area contributed by atoms with Crippen LogP contribution in [0.3, 0.4) is 0 Å². The van der Waals surface area contributed by atoms with E-state index in [1.807, 2.05) is 57.5 Å². The Kier molecular flexibility index (Phi) is 6.49. The number of nitrogens with one attached hydrogen (secondary N) is 1. The lowest BCUT2D eigenvalue weighted by molar-refractivity contribution is -0.134. The molecule has 0 radical (unpaired) electrons. The van der Waals surface area contributed by atoms with Gasteiger partial charge in [-0.2, -0.15) is 4.99 Å². The molecule has 2 aromatic heterocycles. The average Bonchev–Trinajstić information content (AvgIpc) is 3.62. The number of amides is 2. The largest absolute Gasteiger partial charge is 0.391 e. The molecule has 2 aliphatic heterocycles. The van der Waals surface area contributed by atoms with Gasteiger partial charge in [0.1, 0.15) is 23.1 Å². The molecular formula is C27H31N5O4S. The molecule has 10 heteroatoms. The lowest BCUT2D eigenvalue weighted by Crippen LogP contribution is -2.51. The minimum absolute atomic E-state index is 0.0516. The maximum absolute atomic E-state index is 13.8. The number of likely N-dealkylation sites (tertiary alicyclic amines) is 1. The maximum atomic E-state index is 13.8. The van der Waals surface area contributed by atoms with Crippen LogP contribution in [0.5, 0.6) is 0 Å². The van der Waals surface area contributed by atoms with Gasteiger partial charge in [0.05, 0.1) is 33.9 Å². The molecule has 0 unspecified atom stereocenters. The first-order valence-corrected chi connectivity index (χ1v) is 13.3. The van der Waals surface area contributed by atoms with Crippen LogP contribution in [0.4, 0.5) is 0 Å².